The van der Waals surface area contributed by atoms with Gasteiger partial charge in [-0.2, -0.15) is 13.2 Å². The van der Waals surface area contributed by atoms with E-state index < -0.39 is 11.7 Å². The van der Waals surface area contributed by atoms with Crippen molar-refractivity contribution in [1.82, 2.24) is 10.2 Å². The predicted octanol–water partition coefficient (Wildman–Crippen LogP) is 4.32. The number of hydrogen-bond donors (Lipinski definition) is 1. The maximum absolute atomic E-state index is 12.6. The van der Waals surface area contributed by atoms with Crippen LogP contribution in [0.5, 0.6) is 0 Å². The molecule has 7 heteroatoms. The minimum Gasteiger partial charge on any atom is -0.356 e. The number of carbonyl (C=O) groups is 2. The van der Waals surface area contributed by atoms with E-state index in [1.54, 1.807) is 17.1 Å². The van der Waals surface area contributed by atoms with E-state index in [1.165, 1.54) is 12.1 Å². The van der Waals surface area contributed by atoms with E-state index in [1.807, 2.05) is 30.3 Å². The molecule has 1 saturated heterocycles. The Morgan fingerprint density at radius 1 is 1.00 bits per heavy atom. The summed E-state index contributed by atoms with van der Waals surface area (Å²) in [6, 6.07) is 14.5. The average molecular weight is 430 g/mol. The van der Waals surface area contributed by atoms with Crippen molar-refractivity contribution in [1.29, 1.82) is 0 Å². The van der Waals surface area contributed by atoms with Gasteiger partial charge in [-0.3, -0.25) is 9.59 Å². The van der Waals surface area contributed by atoms with Gasteiger partial charge in [0.15, 0.2) is 0 Å². The lowest BCUT2D eigenvalue weighted by Crippen LogP contribution is -2.42. The van der Waals surface area contributed by atoms with E-state index >= 15 is 0 Å². The second-order valence-corrected chi connectivity index (χ2v) is 7.58. The molecule has 1 N–H and O–H groups in total. The number of nitrogens with zero attached hydrogens (tertiary/aromatic N) is 1. The van der Waals surface area contributed by atoms with Crippen LogP contribution in [0.2, 0.25) is 0 Å². The Morgan fingerprint density at radius 2 is 1.65 bits per heavy atom. The van der Waals surface area contributed by atoms with Crippen LogP contribution < -0.4 is 5.32 Å². The zero-order valence-corrected chi connectivity index (χ0v) is 17.1. The largest absolute Gasteiger partial charge is 0.416 e. The number of benzene rings is 2. The van der Waals surface area contributed by atoms with Crippen molar-refractivity contribution in [2.45, 2.75) is 25.4 Å². The van der Waals surface area contributed by atoms with Crippen LogP contribution in [0.15, 0.2) is 60.7 Å². The summed E-state index contributed by atoms with van der Waals surface area (Å²) in [6.07, 6.45) is 0.641. The van der Waals surface area contributed by atoms with Crippen LogP contribution in [-0.4, -0.2) is 36.3 Å². The second kappa shape index (κ2) is 10.3. The third-order valence-corrected chi connectivity index (χ3v) is 5.39. The van der Waals surface area contributed by atoms with Gasteiger partial charge in [0.25, 0.3) is 0 Å². The molecule has 1 aliphatic rings. The minimum atomic E-state index is -4.35. The molecule has 0 bridgehead atoms. The molecular weight excluding hydrogens is 405 g/mol. The fraction of sp³-hybridized carbons (Fsp3) is 0.333. The first kappa shape index (κ1) is 22.6. The molecule has 1 fully saturated rings. The fourth-order valence-corrected chi connectivity index (χ4v) is 3.53. The summed E-state index contributed by atoms with van der Waals surface area (Å²) in [4.78, 5) is 26.5. The molecule has 1 heterocycles. The van der Waals surface area contributed by atoms with Crippen LogP contribution in [0.25, 0.3) is 6.08 Å². The molecule has 0 atom stereocenters. The molecule has 164 valence electrons. The van der Waals surface area contributed by atoms with Gasteiger partial charge in [-0.15, -0.1) is 0 Å². The van der Waals surface area contributed by atoms with E-state index in [0.717, 1.165) is 23.3 Å². The van der Waals surface area contributed by atoms with Gasteiger partial charge in [0.2, 0.25) is 11.8 Å². The van der Waals surface area contributed by atoms with Gasteiger partial charge in [-0.05, 0) is 48.6 Å². The molecule has 0 spiro atoms. The quantitative estimate of drug-likeness (QED) is 0.694. The topological polar surface area (TPSA) is 49.4 Å². The Labute approximate surface area is 179 Å². The smallest absolute Gasteiger partial charge is 0.356 e. The van der Waals surface area contributed by atoms with Crippen molar-refractivity contribution in [3.8, 4) is 0 Å². The summed E-state index contributed by atoms with van der Waals surface area (Å²) in [5.74, 6) is -0.293. The number of rotatable bonds is 6. The van der Waals surface area contributed by atoms with Crippen LogP contribution in [0.4, 0.5) is 13.2 Å². The minimum absolute atomic E-state index is 0.0648. The highest BCUT2D eigenvalue weighted by Crippen LogP contribution is 2.29. The van der Waals surface area contributed by atoms with Crippen LogP contribution in [0, 0.1) is 5.92 Å². The molecular formula is C24H25F3N2O2. The maximum atomic E-state index is 12.6. The van der Waals surface area contributed by atoms with E-state index in [0.29, 0.717) is 38.9 Å². The summed E-state index contributed by atoms with van der Waals surface area (Å²) in [6.45, 7) is 1.41. The molecule has 1 aliphatic heterocycles. The van der Waals surface area contributed by atoms with Gasteiger partial charge in [0, 0.05) is 31.6 Å². The number of carbonyl (C=O) groups excluding carboxylic acids is 2. The van der Waals surface area contributed by atoms with Crippen molar-refractivity contribution in [2.24, 2.45) is 5.92 Å². The molecule has 3 rings (SSSR count). The van der Waals surface area contributed by atoms with Crippen molar-refractivity contribution in [2.75, 3.05) is 19.6 Å². The molecule has 2 aromatic rings. The fourth-order valence-electron chi connectivity index (χ4n) is 3.53. The van der Waals surface area contributed by atoms with Gasteiger partial charge in [-0.1, -0.05) is 42.5 Å². The van der Waals surface area contributed by atoms with E-state index in [4.69, 9.17) is 0 Å². The molecule has 0 aromatic heterocycles. The summed E-state index contributed by atoms with van der Waals surface area (Å²) in [5.41, 5.74) is 1.01. The number of likely N-dealkylation sites (tertiary alicyclic amines) is 1. The second-order valence-electron chi connectivity index (χ2n) is 7.58. The third-order valence-electron chi connectivity index (χ3n) is 5.39. The summed E-state index contributed by atoms with van der Waals surface area (Å²) in [7, 11) is 0. The van der Waals surface area contributed by atoms with Crippen LogP contribution in [-0.2, 0) is 22.2 Å². The Bertz CT molecular complexity index is 901. The Balaban J connectivity index is 1.39. The number of nitrogens with one attached hydrogen (secondary N) is 1. The van der Waals surface area contributed by atoms with Gasteiger partial charge < -0.3 is 10.2 Å². The third kappa shape index (κ3) is 6.70. The van der Waals surface area contributed by atoms with E-state index in [9.17, 15) is 22.8 Å². The zero-order chi connectivity index (χ0) is 22.3. The van der Waals surface area contributed by atoms with Gasteiger partial charge in [0.05, 0.1) is 5.56 Å². The molecule has 0 saturated carbocycles. The van der Waals surface area contributed by atoms with Gasteiger partial charge >= 0.3 is 6.18 Å². The van der Waals surface area contributed by atoms with Gasteiger partial charge in [0.1, 0.15) is 0 Å². The molecule has 31 heavy (non-hydrogen) atoms. The van der Waals surface area contributed by atoms with Crippen LogP contribution in [0.1, 0.15) is 29.5 Å². The number of piperidine rings is 1. The normalized spacial score (nSPS) is 15.3. The summed E-state index contributed by atoms with van der Waals surface area (Å²) >= 11 is 0. The maximum Gasteiger partial charge on any atom is 0.416 e. The Hall–Kier alpha value is -3.09. The first-order valence-corrected chi connectivity index (χ1v) is 10.3. The average Bonchev–Trinajstić information content (AvgIpc) is 2.78. The number of alkyl halides is 3. The lowest BCUT2D eigenvalue weighted by atomic mass is 9.95. The zero-order valence-electron chi connectivity index (χ0n) is 17.1. The molecule has 0 aliphatic carbocycles. The summed E-state index contributed by atoms with van der Waals surface area (Å²) in [5, 5.41) is 2.86. The Kier molecular flexibility index (Phi) is 7.50. The standard InChI is InChI=1S/C24H25F3N2O2/c25-24(26,27)21-9-6-19(7-10-21)12-15-28-23(31)20-13-16-29(17-14-20)22(30)11-8-18-4-2-1-3-5-18/h1-11,20H,12-17H2,(H,28,31)/b11-8+. The molecule has 0 radical (unpaired) electrons. The highest BCUT2D eigenvalue weighted by molar-refractivity contribution is 5.92. The first-order chi connectivity index (χ1) is 14.8. The van der Waals surface area contributed by atoms with Crippen molar-refractivity contribution in [3.63, 3.8) is 0 Å². The molecule has 4 nitrogen and oxygen atoms in total. The highest BCUT2D eigenvalue weighted by Gasteiger charge is 2.30. The molecule has 2 aromatic carbocycles. The molecule has 2 amide bonds. The Morgan fingerprint density at radius 3 is 2.26 bits per heavy atom. The first-order valence-electron chi connectivity index (χ1n) is 10.3. The monoisotopic (exact) mass is 430 g/mol. The van der Waals surface area contributed by atoms with Crippen molar-refractivity contribution >= 4 is 17.9 Å². The van der Waals surface area contributed by atoms with E-state index in [-0.39, 0.29) is 17.7 Å². The predicted molar refractivity (Wildman–Crippen MR) is 113 cm³/mol. The highest BCUT2D eigenvalue weighted by atomic mass is 19.4. The number of halogens is 3. The van der Waals surface area contributed by atoms with Gasteiger partial charge in [-0.25, -0.2) is 0 Å². The lowest BCUT2D eigenvalue weighted by molar-refractivity contribution is -0.137. The van der Waals surface area contributed by atoms with Crippen molar-refractivity contribution in [3.05, 3.63) is 77.4 Å². The van der Waals surface area contributed by atoms with E-state index in [2.05, 4.69) is 5.32 Å². The summed E-state index contributed by atoms with van der Waals surface area (Å²) < 4.78 is 37.8. The van der Waals surface area contributed by atoms with Crippen LogP contribution in [0.3, 0.4) is 0 Å². The SMILES string of the molecule is O=C(NCCc1ccc(C(F)(F)F)cc1)C1CCN(C(=O)/C=C/c2ccccc2)CC1. The number of hydrogen-bond acceptors (Lipinski definition) is 2. The number of amides is 2. The lowest BCUT2D eigenvalue weighted by Gasteiger charge is -2.30. The van der Waals surface area contributed by atoms with Crippen LogP contribution >= 0.6 is 0 Å². The molecule has 0 unspecified atom stereocenters. The van der Waals surface area contributed by atoms with Crippen molar-refractivity contribution < 1.29 is 22.8 Å².